The SMILES string of the molecule is CN(Cc1cnccn1)CC1CCCN(C(=O)OC(C)(C)C)C1. The fourth-order valence-corrected chi connectivity index (χ4v) is 2.90. The van der Waals surface area contributed by atoms with Crippen LogP contribution in [-0.4, -0.2) is 58.1 Å². The van der Waals surface area contributed by atoms with Crippen LogP contribution in [0.3, 0.4) is 0 Å². The van der Waals surface area contributed by atoms with Crippen molar-refractivity contribution in [1.82, 2.24) is 19.8 Å². The van der Waals surface area contributed by atoms with E-state index in [0.717, 1.165) is 44.7 Å². The highest BCUT2D eigenvalue weighted by molar-refractivity contribution is 5.68. The second-order valence-electron chi connectivity index (χ2n) is 7.33. The highest BCUT2D eigenvalue weighted by atomic mass is 16.6. The van der Waals surface area contributed by atoms with Gasteiger partial charge in [0.1, 0.15) is 5.60 Å². The molecule has 0 radical (unpaired) electrons. The van der Waals surface area contributed by atoms with E-state index >= 15 is 0 Å². The molecule has 1 aromatic heterocycles. The number of piperidine rings is 1. The topological polar surface area (TPSA) is 58.6 Å². The van der Waals surface area contributed by atoms with Gasteiger partial charge in [-0.25, -0.2) is 4.79 Å². The van der Waals surface area contributed by atoms with E-state index in [2.05, 4.69) is 21.9 Å². The highest BCUT2D eigenvalue weighted by Crippen LogP contribution is 2.20. The van der Waals surface area contributed by atoms with Crippen LogP contribution in [0.4, 0.5) is 4.79 Å². The van der Waals surface area contributed by atoms with Gasteiger partial charge in [-0.05, 0) is 46.6 Å². The number of aromatic nitrogens is 2. The van der Waals surface area contributed by atoms with E-state index in [1.807, 2.05) is 25.7 Å². The van der Waals surface area contributed by atoms with Gasteiger partial charge < -0.3 is 14.5 Å². The standard InChI is InChI=1S/C17H28N4O2/c1-17(2,3)23-16(22)21-9-5-6-14(12-21)11-20(4)13-15-10-18-7-8-19-15/h7-8,10,14H,5-6,9,11-13H2,1-4H3. The quantitative estimate of drug-likeness (QED) is 0.853. The summed E-state index contributed by atoms with van der Waals surface area (Å²) in [5, 5.41) is 0. The summed E-state index contributed by atoms with van der Waals surface area (Å²) < 4.78 is 5.48. The molecule has 1 aliphatic rings. The van der Waals surface area contributed by atoms with E-state index in [1.54, 1.807) is 18.6 Å². The molecule has 0 N–H and O–H groups in total. The van der Waals surface area contributed by atoms with Crippen LogP contribution >= 0.6 is 0 Å². The molecule has 1 aromatic rings. The fourth-order valence-electron chi connectivity index (χ4n) is 2.90. The van der Waals surface area contributed by atoms with Crippen LogP contribution in [0.15, 0.2) is 18.6 Å². The van der Waals surface area contributed by atoms with Crippen molar-refractivity contribution in [2.75, 3.05) is 26.7 Å². The van der Waals surface area contributed by atoms with E-state index < -0.39 is 5.60 Å². The third-order valence-corrected chi connectivity index (χ3v) is 3.79. The Kier molecular flexibility index (Phi) is 5.93. The molecule has 2 rings (SSSR count). The average molecular weight is 320 g/mol. The lowest BCUT2D eigenvalue weighted by Crippen LogP contribution is -2.45. The number of hydrogen-bond donors (Lipinski definition) is 0. The zero-order chi connectivity index (χ0) is 16.9. The molecule has 1 amide bonds. The molecule has 0 aliphatic carbocycles. The summed E-state index contributed by atoms with van der Waals surface area (Å²) in [4.78, 5) is 24.7. The van der Waals surface area contributed by atoms with Crippen LogP contribution in [0.1, 0.15) is 39.3 Å². The van der Waals surface area contributed by atoms with Crippen molar-refractivity contribution in [2.45, 2.75) is 45.8 Å². The predicted octanol–water partition coefficient (Wildman–Crippen LogP) is 2.56. The molecule has 128 valence electrons. The van der Waals surface area contributed by atoms with Gasteiger partial charge in [-0.15, -0.1) is 0 Å². The first-order valence-electron chi connectivity index (χ1n) is 8.25. The zero-order valence-corrected chi connectivity index (χ0v) is 14.7. The summed E-state index contributed by atoms with van der Waals surface area (Å²) in [6.45, 7) is 8.98. The first-order chi connectivity index (χ1) is 10.8. The van der Waals surface area contributed by atoms with Crippen LogP contribution in [0.2, 0.25) is 0 Å². The number of ether oxygens (including phenoxy) is 1. The first kappa shape index (κ1) is 17.7. The average Bonchev–Trinajstić information content (AvgIpc) is 2.46. The lowest BCUT2D eigenvalue weighted by atomic mass is 9.98. The molecule has 1 saturated heterocycles. The molecule has 1 unspecified atom stereocenters. The van der Waals surface area contributed by atoms with Crippen molar-refractivity contribution in [1.29, 1.82) is 0 Å². The normalized spacial score (nSPS) is 19.0. The maximum Gasteiger partial charge on any atom is 0.410 e. The van der Waals surface area contributed by atoms with Gasteiger partial charge in [-0.3, -0.25) is 9.97 Å². The number of carbonyl (C=O) groups is 1. The molecular weight excluding hydrogens is 292 g/mol. The van der Waals surface area contributed by atoms with Gasteiger partial charge in [0.25, 0.3) is 0 Å². The van der Waals surface area contributed by atoms with E-state index in [9.17, 15) is 4.79 Å². The Labute approximate surface area is 138 Å². The first-order valence-corrected chi connectivity index (χ1v) is 8.25. The smallest absolute Gasteiger partial charge is 0.410 e. The molecular formula is C17H28N4O2. The number of nitrogens with zero attached hydrogens (tertiary/aromatic N) is 4. The van der Waals surface area contributed by atoms with Crippen molar-refractivity contribution in [3.63, 3.8) is 0 Å². The van der Waals surface area contributed by atoms with Crippen molar-refractivity contribution in [2.24, 2.45) is 5.92 Å². The minimum absolute atomic E-state index is 0.196. The van der Waals surface area contributed by atoms with Crippen molar-refractivity contribution < 1.29 is 9.53 Å². The number of amides is 1. The zero-order valence-electron chi connectivity index (χ0n) is 14.7. The van der Waals surface area contributed by atoms with Crippen LogP contribution < -0.4 is 0 Å². The molecule has 0 bridgehead atoms. The third-order valence-electron chi connectivity index (χ3n) is 3.79. The summed E-state index contributed by atoms with van der Waals surface area (Å²) in [7, 11) is 2.08. The Morgan fingerprint density at radius 2 is 2.22 bits per heavy atom. The Hall–Kier alpha value is -1.69. The van der Waals surface area contributed by atoms with E-state index in [1.165, 1.54) is 0 Å². The van der Waals surface area contributed by atoms with Gasteiger partial charge in [0.15, 0.2) is 0 Å². The van der Waals surface area contributed by atoms with Gasteiger partial charge in [-0.2, -0.15) is 0 Å². The van der Waals surface area contributed by atoms with E-state index in [4.69, 9.17) is 4.74 Å². The predicted molar refractivity (Wildman–Crippen MR) is 88.9 cm³/mol. The van der Waals surface area contributed by atoms with Crippen molar-refractivity contribution in [3.8, 4) is 0 Å². The number of carbonyl (C=O) groups excluding carboxylic acids is 1. The molecule has 0 saturated carbocycles. The Morgan fingerprint density at radius 1 is 1.43 bits per heavy atom. The van der Waals surface area contributed by atoms with Crippen LogP contribution in [0, 0.1) is 5.92 Å². The van der Waals surface area contributed by atoms with Gasteiger partial charge in [0.05, 0.1) is 5.69 Å². The molecule has 6 heteroatoms. The summed E-state index contributed by atoms with van der Waals surface area (Å²) in [6, 6.07) is 0. The third kappa shape index (κ3) is 6.14. The fraction of sp³-hybridized carbons (Fsp3) is 0.706. The maximum atomic E-state index is 12.2. The molecule has 6 nitrogen and oxygen atoms in total. The highest BCUT2D eigenvalue weighted by Gasteiger charge is 2.28. The Balaban J connectivity index is 1.82. The molecule has 1 atom stereocenters. The molecule has 0 spiro atoms. The molecule has 1 aliphatic heterocycles. The minimum atomic E-state index is -0.438. The van der Waals surface area contributed by atoms with Crippen LogP contribution in [0.5, 0.6) is 0 Å². The summed E-state index contributed by atoms with van der Waals surface area (Å²) in [5.41, 5.74) is 0.530. The number of rotatable bonds is 4. The van der Waals surface area contributed by atoms with Crippen molar-refractivity contribution in [3.05, 3.63) is 24.3 Å². The van der Waals surface area contributed by atoms with Gasteiger partial charge in [-0.1, -0.05) is 0 Å². The summed E-state index contributed by atoms with van der Waals surface area (Å²) >= 11 is 0. The lowest BCUT2D eigenvalue weighted by Gasteiger charge is -2.35. The van der Waals surface area contributed by atoms with Crippen LogP contribution in [-0.2, 0) is 11.3 Å². The number of likely N-dealkylation sites (tertiary alicyclic amines) is 1. The monoisotopic (exact) mass is 320 g/mol. The molecule has 2 heterocycles. The van der Waals surface area contributed by atoms with Gasteiger partial charge in [0, 0.05) is 44.8 Å². The second kappa shape index (κ2) is 7.73. The van der Waals surface area contributed by atoms with Crippen LogP contribution in [0.25, 0.3) is 0 Å². The Bertz CT molecular complexity index is 501. The number of hydrogen-bond acceptors (Lipinski definition) is 5. The molecule has 23 heavy (non-hydrogen) atoms. The maximum absolute atomic E-state index is 12.2. The molecule has 0 aromatic carbocycles. The van der Waals surface area contributed by atoms with Gasteiger partial charge >= 0.3 is 6.09 Å². The molecule has 1 fully saturated rings. The van der Waals surface area contributed by atoms with Gasteiger partial charge in [0.2, 0.25) is 0 Å². The van der Waals surface area contributed by atoms with Crippen molar-refractivity contribution >= 4 is 6.09 Å². The summed E-state index contributed by atoms with van der Waals surface area (Å²) in [6.07, 6.45) is 7.17. The Morgan fingerprint density at radius 3 is 2.87 bits per heavy atom. The second-order valence-corrected chi connectivity index (χ2v) is 7.33. The van der Waals surface area contributed by atoms with E-state index in [-0.39, 0.29) is 6.09 Å². The summed E-state index contributed by atoms with van der Waals surface area (Å²) in [5.74, 6) is 0.470. The van der Waals surface area contributed by atoms with E-state index in [0.29, 0.717) is 5.92 Å². The lowest BCUT2D eigenvalue weighted by molar-refractivity contribution is 0.0147. The largest absolute Gasteiger partial charge is 0.444 e. The minimum Gasteiger partial charge on any atom is -0.444 e.